The van der Waals surface area contributed by atoms with Crippen LogP contribution in [-0.4, -0.2) is 14.1 Å². The molecule has 0 amide bonds. The molecule has 271 valence electrons. The molecular formula is C43H33F3IrN6-6. The topological polar surface area (TPSA) is 19.4 Å². The Morgan fingerprint density at radius 3 is 1.38 bits per heavy atom. The van der Waals surface area contributed by atoms with E-state index in [-0.39, 0.29) is 20.1 Å². The van der Waals surface area contributed by atoms with Crippen LogP contribution < -0.4 is 29.4 Å². The summed E-state index contributed by atoms with van der Waals surface area (Å²) in [5.41, 5.74) is 8.99. The standard InChI is InChI=1S/C23H18F3N4.C20H15N2.Ir/c1-27-14-29(21-9-5-3-7-19(21)27)17-11-16(23(24,25)26)12-18(13-17)30-15-28(2)20-8-4-6-10-22(20)30;1-16-11-13-18(14-12-16)22-15-21(17-7-3-2-4-8-17)19-9-5-6-10-20(19)22;/h3-12,14-15H,1-2H3;2-7,9-13,15H,1H3;/q2*-3;. The Labute approximate surface area is 322 Å². The second-order valence-electron chi connectivity index (χ2n) is 12.7. The normalized spacial score (nSPS) is 14.4. The van der Waals surface area contributed by atoms with Gasteiger partial charge in [-0.25, -0.2) is 0 Å². The van der Waals surface area contributed by atoms with Gasteiger partial charge in [-0.2, -0.15) is 80.6 Å². The van der Waals surface area contributed by atoms with Crippen molar-refractivity contribution < 1.29 is 33.3 Å². The third kappa shape index (κ3) is 6.92. The Hall–Kier alpha value is -5.44. The fraction of sp³-hybridized carbons (Fsp3) is 0.0930. The average molecular weight is 883 g/mol. The van der Waals surface area contributed by atoms with Crippen molar-refractivity contribution >= 4 is 56.9 Å². The summed E-state index contributed by atoms with van der Waals surface area (Å²) in [6.07, 6.45) is -4.48. The Balaban J connectivity index is 0.000000168. The van der Waals surface area contributed by atoms with Crippen LogP contribution in [0.3, 0.4) is 0 Å². The Kier molecular flexibility index (Phi) is 9.85. The van der Waals surface area contributed by atoms with Crippen LogP contribution >= 0.6 is 0 Å². The number of aryl methyl sites for hydroxylation is 1. The van der Waals surface area contributed by atoms with E-state index in [4.69, 9.17) is 0 Å². The molecule has 0 atom stereocenters. The van der Waals surface area contributed by atoms with Crippen molar-refractivity contribution in [1.29, 1.82) is 0 Å². The van der Waals surface area contributed by atoms with Crippen LogP contribution in [0.4, 0.5) is 70.0 Å². The van der Waals surface area contributed by atoms with Gasteiger partial charge in [0.2, 0.25) is 0 Å². The van der Waals surface area contributed by atoms with Gasteiger partial charge in [0.1, 0.15) is 0 Å². The number of anilines is 10. The van der Waals surface area contributed by atoms with Crippen LogP contribution in [0.15, 0.2) is 127 Å². The first-order valence-electron chi connectivity index (χ1n) is 16.7. The van der Waals surface area contributed by atoms with Crippen LogP contribution in [0.25, 0.3) is 0 Å². The third-order valence-corrected chi connectivity index (χ3v) is 9.10. The van der Waals surface area contributed by atoms with E-state index in [0.717, 1.165) is 57.6 Å². The number of hydrogen-bond donors (Lipinski definition) is 0. The molecule has 6 aromatic rings. The van der Waals surface area contributed by atoms with Gasteiger partial charge in [-0.1, -0.05) is 48.9 Å². The number of halogens is 3. The van der Waals surface area contributed by atoms with E-state index in [1.165, 1.54) is 5.56 Å². The minimum atomic E-state index is -4.48. The predicted molar refractivity (Wildman–Crippen MR) is 203 cm³/mol. The molecule has 0 unspecified atom stereocenters. The maximum absolute atomic E-state index is 13.8. The molecule has 9 rings (SSSR count). The summed E-state index contributed by atoms with van der Waals surface area (Å²) < 4.78 is 41.3. The first-order valence-corrected chi connectivity index (χ1v) is 16.7. The Bertz CT molecular complexity index is 2130. The van der Waals surface area contributed by atoms with Crippen molar-refractivity contribution in [1.82, 2.24) is 0 Å². The monoisotopic (exact) mass is 883 g/mol. The molecule has 3 aliphatic heterocycles. The van der Waals surface area contributed by atoms with Gasteiger partial charge in [0.25, 0.3) is 0 Å². The SMILES string of the molecule is CN1[CH-]N(c2[c-]c(N3[CH-]N(C)c4ccccc43)cc(C(F)(F)F)c2)c2ccccc21.Cc1c[c-]c(N2[CH-]N(c3[c-]cccc3)c3ccccc32)cc1.[Ir]. The largest absolute Gasteiger partial charge is 0.504 e. The van der Waals surface area contributed by atoms with E-state index in [0.29, 0.717) is 11.4 Å². The van der Waals surface area contributed by atoms with Gasteiger partial charge < -0.3 is 29.4 Å². The summed E-state index contributed by atoms with van der Waals surface area (Å²) in [7, 11) is 3.74. The number of alkyl halides is 3. The fourth-order valence-electron chi connectivity index (χ4n) is 6.55. The molecule has 0 fully saturated rings. The zero-order chi connectivity index (χ0) is 36.0. The fourth-order valence-corrected chi connectivity index (χ4v) is 6.55. The maximum Gasteiger partial charge on any atom is 0.394 e. The summed E-state index contributed by atoms with van der Waals surface area (Å²) in [6.45, 7) is 7.72. The number of para-hydroxylation sites is 7. The molecule has 0 saturated carbocycles. The summed E-state index contributed by atoms with van der Waals surface area (Å²) in [5, 5.41) is 0. The quantitative estimate of drug-likeness (QED) is 0.163. The second-order valence-corrected chi connectivity index (χ2v) is 12.7. The smallest absolute Gasteiger partial charge is 0.394 e. The molecular weight excluding hydrogens is 850 g/mol. The summed E-state index contributed by atoms with van der Waals surface area (Å²) in [6, 6.07) is 49.9. The van der Waals surface area contributed by atoms with E-state index in [2.05, 4.69) is 84.1 Å². The summed E-state index contributed by atoms with van der Waals surface area (Å²) in [4.78, 5) is 11.6. The predicted octanol–water partition coefficient (Wildman–Crippen LogP) is 10.9. The van der Waals surface area contributed by atoms with Gasteiger partial charge in [0, 0.05) is 54.2 Å². The minimum absolute atomic E-state index is 0. The molecule has 3 aliphatic rings. The van der Waals surface area contributed by atoms with Gasteiger partial charge >= 0.3 is 6.18 Å². The molecule has 1 radical (unpaired) electrons. The van der Waals surface area contributed by atoms with Crippen molar-refractivity contribution in [2.75, 3.05) is 43.5 Å². The third-order valence-electron chi connectivity index (χ3n) is 9.10. The molecule has 3 heterocycles. The molecule has 6 nitrogen and oxygen atoms in total. The molecule has 0 bridgehead atoms. The van der Waals surface area contributed by atoms with Gasteiger partial charge in [0.05, 0.1) is 0 Å². The number of benzene rings is 6. The molecule has 53 heavy (non-hydrogen) atoms. The van der Waals surface area contributed by atoms with Crippen LogP contribution in [-0.2, 0) is 26.3 Å². The molecule has 0 aliphatic carbocycles. The van der Waals surface area contributed by atoms with E-state index in [1.54, 1.807) is 23.1 Å². The van der Waals surface area contributed by atoms with E-state index in [9.17, 15) is 13.2 Å². The van der Waals surface area contributed by atoms with Crippen molar-refractivity contribution in [3.8, 4) is 0 Å². The Morgan fingerprint density at radius 2 is 0.943 bits per heavy atom. The molecule has 0 spiro atoms. The van der Waals surface area contributed by atoms with Gasteiger partial charge in [0.15, 0.2) is 0 Å². The number of fused-ring (bicyclic) bond motifs is 3. The van der Waals surface area contributed by atoms with Crippen molar-refractivity contribution in [2.24, 2.45) is 0 Å². The number of hydrogen-bond acceptors (Lipinski definition) is 6. The summed E-state index contributed by atoms with van der Waals surface area (Å²) >= 11 is 0. The zero-order valence-corrected chi connectivity index (χ0v) is 31.4. The van der Waals surface area contributed by atoms with Gasteiger partial charge in [-0.3, -0.25) is 0 Å². The average Bonchev–Trinajstić information content (AvgIpc) is 3.83. The minimum Gasteiger partial charge on any atom is -0.504 e. The molecule has 10 heteroatoms. The Morgan fingerprint density at radius 1 is 0.509 bits per heavy atom. The summed E-state index contributed by atoms with van der Waals surface area (Å²) in [5.74, 6) is 0. The van der Waals surface area contributed by atoms with E-state index in [1.807, 2.05) is 96.7 Å². The zero-order valence-electron chi connectivity index (χ0n) is 29.0. The van der Waals surface area contributed by atoms with Crippen molar-refractivity contribution in [2.45, 2.75) is 13.1 Å². The van der Waals surface area contributed by atoms with Crippen LogP contribution in [0, 0.1) is 45.1 Å². The van der Waals surface area contributed by atoms with Crippen molar-refractivity contribution in [3.05, 3.63) is 177 Å². The van der Waals surface area contributed by atoms with Crippen LogP contribution in [0.2, 0.25) is 0 Å². The van der Waals surface area contributed by atoms with Crippen LogP contribution in [0.5, 0.6) is 0 Å². The van der Waals surface area contributed by atoms with Gasteiger partial charge in [-0.15, -0.1) is 53.7 Å². The van der Waals surface area contributed by atoms with E-state index < -0.39 is 11.7 Å². The molecule has 0 aromatic heterocycles. The molecule has 0 N–H and O–H groups in total. The van der Waals surface area contributed by atoms with E-state index >= 15 is 0 Å². The maximum atomic E-state index is 13.8. The molecule has 6 aromatic carbocycles. The first-order chi connectivity index (χ1) is 25.2. The number of rotatable bonds is 4. The second kappa shape index (κ2) is 14.5. The van der Waals surface area contributed by atoms with Crippen molar-refractivity contribution in [3.63, 3.8) is 0 Å². The van der Waals surface area contributed by atoms with Gasteiger partial charge in [-0.05, 0) is 50.5 Å². The van der Waals surface area contributed by atoms with Crippen LogP contribution in [0.1, 0.15) is 11.1 Å². The number of nitrogens with zero attached hydrogens (tertiary/aromatic N) is 6. The first kappa shape index (κ1) is 35.9. The molecule has 0 saturated heterocycles.